The molecule has 5 nitrogen and oxygen atoms in total. The molecule has 0 radical (unpaired) electrons. The Morgan fingerprint density at radius 1 is 1.17 bits per heavy atom. The zero-order valence-corrected chi connectivity index (χ0v) is 17.5. The predicted octanol–water partition coefficient (Wildman–Crippen LogP) is 3.73. The molecule has 1 fully saturated rings. The summed E-state index contributed by atoms with van der Waals surface area (Å²) in [6.07, 6.45) is 3.30. The van der Waals surface area contributed by atoms with Gasteiger partial charge in [0.1, 0.15) is 5.75 Å². The Hall–Kier alpha value is -2.50. The second-order valence-corrected chi connectivity index (χ2v) is 8.44. The van der Waals surface area contributed by atoms with Crippen LogP contribution in [0.3, 0.4) is 0 Å². The van der Waals surface area contributed by atoms with Crippen molar-refractivity contribution in [3.8, 4) is 5.75 Å². The van der Waals surface area contributed by atoms with E-state index in [4.69, 9.17) is 4.74 Å². The lowest BCUT2D eigenvalue weighted by molar-refractivity contribution is -0.134. The van der Waals surface area contributed by atoms with E-state index in [2.05, 4.69) is 4.90 Å². The van der Waals surface area contributed by atoms with Crippen molar-refractivity contribution in [1.29, 1.82) is 0 Å². The van der Waals surface area contributed by atoms with E-state index in [0.29, 0.717) is 25.0 Å². The fraction of sp³-hybridized carbons (Fsp3) is 0.440. The van der Waals surface area contributed by atoms with Crippen molar-refractivity contribution in [2.75, 3.05) is 19.6 Å². The summed E-state index contributed by atoms with van der Waals surface area (Å²) in [5.41, 5.74) is 1.93. The summed E-state index contributed by atoms with van der Waals surface area (Å²) in [6, 6.07) is 15.2. The Bertz CT molecular complexity index is 916. The highest BCUT2D eigenvalue weighted by atomic mass is 16.5. The van der Waals surface area contributed by atoms with Gasteiger partial charge < -0.3 is 14.7 Å². The predicted molar refractivity (Wildman–Crippen MR) is 115 cm³/mol. The van der Waals surface area contributed by atoms with Crippen LogP contribution in [-0.4, -0.2) is 41.4 Å². The van der Waals surface area contributed by atoms with Crippen LogP contribution < -0.4 is 4.74 Å². The molecule has 1 N–H and O–H groups in total. The molecule has 158 valence electrons. The second-order valence-electron chi connectivity index (χ2n) is 8.44. The van der Waals surface area contributed by atoms with Crippen molar-refractivity contribution < 1.29 is 19.4 Å². The highest BCUT2D eigenvalue weighted by Crippen LogP contribution is 2.34. The molecular weight excluding hydrogens is 378 g/mol. The van der Waals surface area contributed by atoms with Crippen molar-refractivity contribution in [2.45, 2.75) is 44.6 Å². The summed E-state index contributed by atoms with van der Waals surface area (Å²) in [5.74, 6) is 0.400. The van der Waals surface area contributed by atoms with E-state index in [-0.39, 0.29) is 17.7 Å². The number of hydrogen-bond donors (Lipinski definition) is 1. The molecule has 1 unspecified atom stereocenters. The molecule has 1 aliphatic carbocycles. The Labute approximate surface area is 177 Å². The lowest BCUT2D eigenvalue weighted by Gasteiger charge is -2.40. The number of Topliss-reactive ketones (excluding diaryl/α,β-unsaturated/α-hetero) is 1. The van der Waals surface area contributed by atoms with Crippen molar-refractivity contribution in [1.82, 2.24) is 4.90 Å². The minimum absolute atomic E-state index is 0.0236. The fourth-order valence-corrected chi connectivity index (χ4v) is 4.59. The molecule has 0 amide bonds. The van der Waals surface area contributed by atoms with Gasteiger partial charge in [0.05, 0.1) is 5.60 Å². The molecule has 2 aromatic rings. The monoisotopic (exact) mass is 407 g/mol. The van der Waals surface area contributed by atoms with Gasteiger partial charge in [-0.15, -0.1) is 0 Å². The summed E-state index contributed by atoms with van der Waals surface area (Å²) in [6.45, 7) is 4.06. The number of benzene rings is 2. The number of aliphatic hydroxyl groups is 1. The molecule has 1 heterocycles. The molecule has 1 saturated heterocycles. The third-order valence-electron chi connectivity index (χ3n) is 6.47. The lowest BCUT2D eigenvalue weighted by atomic mass is 9.81. The lowest BCUT2D eigenvalue weighted by Crippen LogP contribution is -2.45. The Morgan fingerprint density at radius 3 is 2.60 bits per heavy atom. The molecule has 0 aromatic heterocycles. The molecule has 0 bridgehead atoms. The summed E-state index contributed by atoms with van der Waals surface area (Å²) in [4.78, 5) is 26.9. The van der Waals surface area contributed by atoms with Crippen molar-refractivity contribution in [2.24, 2.45) is 5.92 Å². The van der Waals surface area contributed by atoms with Crippen LogP contribution in [0.4, 0.5) is 0 Å². The van der Waals surface area contributed by atoms with E-state index in [1.54, 1.807) is 19.1 Å². The average Bonchev–Trinajstić information content (AvgIpc) is 2.78. The van der Waals surface area contributed by atoms with Crippen LogP contribution in [-0.2, 0) is 16.8 Å². The smallest absolute Gasteiger partial charge is 0.310 e. The number of ether oxygens (including phenoxy) is 1. The molecular formula is C25H29NO4. The summed E-state index contributed by atoms with van der Waals surface area (Å²) in [7, 11) is 0. The van der Waals surface area contributed by atoms with Crippen LogP contribution in [0, 0.1) is 5.92 Å². The maximum atomic E-state index is 13.0. The number of esters is 1. The number of rotatable bonds is 5. The van der Waals surface area contributed by atoms with Crippen LogP contribution in [0.15, 0.2) is 48.5 Å². The van der Waals surface area contributed by atoms with Gasteiger partial charge in [0.2, 0.25) is 0 Å². The minimum Gasteiger partial charge on any atom is -0.427 e. The Kier molecular flexibility index (Phi) is 6.02. The van der Waals surface area contributed by atoms with E-state index >= 15 is 0 Å². The highest BCUT2D eigenvalue weighted by molar-refractivity contribution is 6.00. The highest BCUT2D eigenvalue weighted by Gasteiger charge is 2.36. The van der Waals surface area contributed by atoms with Crippen LogP contribution in [0.25, 0.3) is 0 Å². The number of likely N-dealkylation sites (tertiary alicyclic amines) is 1. The fourth-order valence-electron chi connectivity index (χ4n) is 4.59. The van der Waals surface area contributed by atoms with Crippen LogP contribution >= 0.6 is 0 Å². The first-order valence-corrected chi connectivity index (χ1v) is 10.9. The summed E-state index contributed by atoms with van der Waals surface area (Å²) >= 11 is 0. The van der Waals surface area contributed by atoms with Crippen molar-refractivity contribution in [3.63, 3.8) is 0 Å². The zero-order chi connectivity index (χ0) is 21.1. The van der Waals surface area contributed by atoms with Crippen LogP contribution in [0.1, 0.15) is 54.1 Å². The quantitative estimate of drug-likeness (QED) is 0.604. The minimum atomic E-state index is -0.771. The normalized spacial score (nSPS) is 21.1. The molecule has 2 aliphatic rings. The second kappa shape index (κ2) is 8.70. The largest absolute Gasteiger partial charge is 0.427 e. The molecule has 5 heteroatoms. The number of piperidine rings is 1. The molecule has 0 spiro atoms. The van der Waals surface area contributed by atoms with E-state index < -0.39 is 5.60 Å². The van der Waals surface area contributed by atoms with Gasteiger partial charge in [0.25, 0.3) is 0 Å². The molecule has 1 aliphatic heterocycles. The van der Waals surface area contributed by atoms with E-state index in [9.17, 15) is 14.7 Å². The van der Waals surface area contributed by atoms with E-state index in [0.717, 1.165) is 49.2 Å². The van der Waals surface area contributed by atoms with Gasteiger partial charge in [-0.25, -0.2) is 0 Å². The van der Waals surface area contributed by atoms with Gasteiger partial charge in [-0.3, -0.25) is 9.59 Å². The Morgan fingerprint density at radius 2 is 1.90 bits per heavy atom. The topological polar surface area (TPSA) is 66.8 Å². The first kappa shape index (κ1) is 20.8. The van der Waals surface area contributed by atoms with Crippen molar-refractivity contribution in [3.05, 3.63) is 65.2 Å². The molecule has 30 heavy (non-hydrogen) atoms. The van der Waals surface area contributed by atoms with Crippen LogP contribution in [0.5, 0.6) is 5.75 Å². The number of aryl methyl sites for hydroxylation is 1. The number of carbonyl (C=O) groups excluding carboxylic acids is 2. The first-order chi connectivity index (χ1) is 14.5. The number of hydrogen-bond acceptors (Lipinski definition) is 5. The molecule has 1 atom stereocenters. The number of fused-ring (bicyclic) bond motifs is 1. The number of nitrogens with zero attached hydrogens (tertiary/aromatic N) is 1. The molecule has 2 aromatic carbocycles. The van der Waals surface area contributed by atoms with E-state index in [1.807, 2.05) is 36.4 Å². The third-order valence-corrected chi connectivity index (χ3v) is 6.47. The van der Waals surface area contributed by atoms with E-state index in [1.165, 1.54) is 0 Å². The van der Waals surface area contributed by atoms with Crippen LogP contribution in [0.2, 0.25) is 0 Å². The zero-order valence-electron chi connectivity index (χ0n) is 17.5. The van der Waals surface area contributed by atoms with Gasteiger partial charge in [-0.05, 0) is 55.0 Å². The first-order valence-electron chi connectivity index (χ1n) is 10.9. The number of ketones is 1. The third kappa shape index (κ3) is 4.32. The molecule has 4 rings (SSSR count). The summed E-state index contributed by atoms with van der Waals surface area (Å²) in [5, 5.41) is 11.0. The maximum Gasteiger partial charge on any atom is 0.310 e. The van der Waals surface area contributed by atoms with Gasteiger partial charge in [-0.1, -0.05) is 37.3 Å². The van der Waals surface area contributed by atoms with Gasteiger partial charge in [0.15, 0.2) is 5.78 Å². The Balaban J connectivity index is 1.37. The van der Waals surface area contributed by atoms with Gasteiger partial charge in [-0.2, -0.15) is 0 Å². The summed E-state index contributed by atoms with van der Waals surface area (Å²) < 4.78 is 5.29. The molecule has 0 saturated carbocycles. The SMILES string of the molecule is CCC(=O)Oc1ccc2c(c1)CCC(CN1CCC(O)(c3ccccc3)CC1)C2=O. The maximum absolute atomic E-state index is 13.0. The van der Waals surface area contributed by atoms with Gasteiger partial charge >= 0.3 is 5.97 Å². The standard InChI is InChI=1S/C25H29NO4/c1-2-23(27)30-21-10-11-22-18(16-21)8-9-19(24(22)28)17-26-14-12-25(29,13-15-26)20-6-4-3-5-7-20/h3-7,10-11,16,19,29H,2,8-9,12-15,17H2,1H3. The number of carbonyl (C=O) groups is 2. The average molecular weight is 408 g/mol. The van der Waals surface area contributed by atoms with Crippen molar-refractivity contribution >= 4 is 11.8 Å². The van der Waals surface area contributed by atoms with Gasteiger partial charge in [0, 0.05) is 37.5 Å².